The normalized spacial score (nSPS) is 11.4. The number of aromatic nitrogens is 2. The van der Waals surface area contributed by atoms with E-state index in [0.717, 1.165) is 12.2 Å². The fourth-order valence-corrected chi connectivity index (χ4v) is 1.88. The minimum absolute atomic E-state index is 0.178. The van der Waals surface area contributed by atoms with Gasteiger partial charge < -0.3 is 10.1 Å². The Bertz CT molecular complexity index is 581. The van der Waals surface area contributed by atoms with E-state index < -0.39 is 12.8 Å². The average molecular weight is 299 g/mol. The van der Waals surface area contributed by atoms with Crippen molar-refractivity contribution < 1.29 is 17.9 Å². The van der Waals surface area contributed by atoms with Crippen LogP contribution in [0.3, 0.4) is 0 Å². The van der Waals surface area contributed by atoms with Crippen molar-refractivity contribution in [2.24, 2.45) is 0 Å². The second-order valence-corrected chi connectivity index (χ2v) is 4.39. The zero-order chi connectivity index (χ0) is 15.3. The molecular formula is C14H16F3N3O. The van der Waals surface area contributed by atoms with Gasteiger partial charge in [0.15, 0.2) is 6.61 Å². The van der Waals surface area contributed by atoms with Gasteiger partial charge in [-0.2, -0.15) is 18.3 Å². The van der Waals surface area contributed by atoms with Gasteiger partial charge in [0.2, 0.25) is 0 Å². The monoisotopic (exact) mass is 299 g/mol. The predicted octanol–water partition coefficient (Wildman–Crippen LogP) is 3.46. The summed E-state index contributed by atoms with van der Waals surface area (Å²) >= 11 is 0. The highest BCUT2D eigenvalue weighted by Gasteiger charge is 2.28. The smallest absolute Gasteiger partial charge is 0.422 e. The molecule has 0 bridgehead atoms. The molecule has 2 rings (SSSR count). The maximum absolute atomic E-state index is 12.2. The molecule has 0 fully saturated rings. The van der Waals surface area contributed by atoms with Crippen LogP contribution < -0.4 is 10.1 Å². The summed E-state index contributed by atoms with van der Waals surface area (Å²) in [5.74, 6) is 0.178. The topological polar surface area (TPSA) is 39.1 Å². The van der Waals surface area contributed by atoms with Gasteiger partial charge in [-0.3, -0.25) is 4.68 Å². The Morgan fingerprint density at radius 1 is 1.24 bits per heavy atom. The van der Waals surface area contributed by atoms with E-state index in [2.05, 4.69) is 10.4 Å². The van der Waals surface area contributed by atoms with Crippen molar-refractivity contribution in [2.75, 3.05) is 11.9 Å². The Balaban J connectivity index is 2.03. The molecule has 0 aliphatic heterocycles. The van der Waals surface area contributed by atoms with E-state index in [-0.39, 0.29) is 5.75 Å². The number of nitrogens with one attached hydrogen (secondary N) is 1. The summed E-state index contributed by atoms with van der Waals surface area (Å²) in [6, 6.07) is 8.41. The van der Waals surface area contributed by atoms with Crippen molar-refractivity contribution in [1.29, 1.82) is 0 Å². The van der Waals surface area contributed by atoms with Crippen molar-refractivity contribution in [1.82, 2.24) is 9.78 Å². The maximum atomic E-state index is 12.2. The second kappa shape index (κ2) is 6.51. The summed E-state index contributed by atoms with van der Waals surface area (Å²) in [6.07, 6.45) is -2.67. The Labute approximate surface area is 120 Å². The quantitative estimate of drug-likeness (QED) is 0.888. The van der Waals surface area contributed by atoms with Gasteiger partial charge in [0.25, 0.3) is 0 Å². The van der Waals surface area contributed by atoms with E-state index in [1.165, 1.54) is 6.07 Å². The lowest BCUT2D eigenvalue weighted by Gasteiger charge is -2.14. The fraction of sp³-hybridized carbons (Fsp3) is 0.357. The van der Waals surface area contributed by atoms with Crippen LogP contribution in [0.5, 0.6) is 5.75 Å². The zero-order valence-corrected chi connectivity index (χ0v) is 11.5. The first-order valence-electron chi connectivity index (χ1n) is 6.52. The second-order valence-electron chi connectivity index (χ2n) is 4.39. The maximum Gasteiger partial charge on any atom is 0.422 e. The molecule has 4 nitrogen and oxygen atoms in total. The molecular weight excluding hydrogens is 283 g/mol. The molecule has 114 valence electrons. The lowest BCUT2D eigenvalue weighted by molar-refractivity contribution is -0.153. The molecule has 7 heteroatoms. The van der Waals surface area contributed by atoms with Crippen LogP contribution >= 0.6 is 0 Å². The number of rotatable bonds is 6. The molecule has 0 saturated carbocycles. The van der Waals surface area contributed by atoms with Crippen LogP contribution in [0.1, 0.15) is 12.6 Å². The lowest BCUT2D eigenvalue weighted by Crippen LogP contribution is -2.19. The zero-order valence-electron chi connectivity index (χ0n) is 11.5. The van der Waals surface area contributed by atoms with Gasteiger partial charge in [0, 0.05) is 12.7 Å². The molecule has 0 amide bonds. The van der Waals surface area contributed by atoms with Gasteiger partial charge in [-0.15, -0.1) is 0 Å². The minimum Gasteiger partial charge on any atom is -0.482 e. The molecule has 1 heterocycles. The third-order valence-corrected chi connectivity index (χ3v) is 2.84. The number of anilines is 1. The molecule has 0 radical (unpaired) electrons. The van der Waals surface area contributed by atoms with Crippen LogP contribution in [0.15, 0.2) is 36.5 Å². The molecule has 2 aromatic rings. The first-order valence-corrected chi connectivity index (χ1v) is 6.52. The van der Waals surface area contributed by atoms with Gasteiger partial charge in [-0.1, -0.05) is 12.1 Å². The summed E-state index contributed by atoms with van der Waals surface area (Å²) < 4.78 is 43.3. The number of aryl methyl sites for hydroxylation is 1. The van der Waals surface area contributed by atoms with Gasteiger partial charge in [0.05, 0.1) is 17.9 Å². The highest BCUT2D eigenvalue weighted by atomic mass is 19.4. The Morgan fingerprint density at radius 3 is 2.71 bits per heavy atom. The van der Waals surface area contributed by atoms with Crippen LogP contribution in [0.4, 0.5) is 18.9 Å². The standard InChI is InChI=1S/C14H16F3N3O/c1-2-20-11(7-8-19-20)9-18-12-5-3-4-6-13(12)21-10-14(15,16)17/h3-8,18H,2,9-10H2,1H3. The van der Waals surface area contributed by atoms with Crippen molar-refractivity contribution in [3.05, 3.63) is 42.2 Å². The molecule has 0 aliphatic carbocycles. The molecule has 1 aromatic heterocycles. The third-order valence-electron chi connectivity index (χ3n) is 2.84. The molecule has 0 spiro atoms. The SMILES string of the molecule is CCn1nccc1CNc1ccccc1OCC(F)(F)F. The highest BCUT2D eigenvalue weighted by molar-refractivity contribution is 5.56. The van der Waals surface area contributed by atoms with E-state index in [4.69, 9.17) is 4.74 Å². The number of ether oxygens (including phenoxy) is 1. The molecule has 1 N–H and O–H groups in total. The van der Waals surface area contributed by atoms with E-state index in [0.29, 0.717) is 12.2 Å². The summed E-state index contributed by atoms with van der Waals surface area (Å²) in [5.41, 5.74) is 1.47. The van der Waals surface area contributed by atoms with Gasteiger partial charge in [0.1, 0.15) is 5.75 Å². The summed E-state index contributed by atoms with van der Waals surface area (Å²) in [7, 11) is 0. The largest absolute Gasteiger partial charge is 0.482 e. The molecule has 0 aliphatic rings. The summed E-state index contributed by atoms with van der Waals surface area (Å²) in [6.45, 7) is 1.85. The van der Waals surface area contributed by atoms with E-state index in [1.807, 2.05) is 17.7 Å². The van der Waals surface area contributed by atoms with Crippen LogP contribution in [0.2, 0.25) is 0 Å². The van der Waals surface area contributed by atoms with Crippen LogP contribution in [-0.4, -0.2) is 22.6 Å². The Kier molecular flexibility index (Phi) is 4.72. The number of benzene rings is 1. The number of alkyl halides is 3. The van der Waals surface area contributed by atoms with Crippen LogP contribution in [-0.2, 0) is 13.1 Å². The van der Waals surface area contributed by atoms with Crippen molar-refractivity contribution in [3.63, 3.8) is 0 Å². The predicted molar refractivity (Wildman–Crippen MR) is 73.2 cm³/mol. The fourth-order valence-electron chi connectivity index (χ4n) is 1.88. The highest BCUT2D eigenvalue weighted by Crippen LogP contribution is 2.26. The molecule has 1 aromatic carbocycles. The van der Waals surface area contributed by atoms with Crippen LogP contribution in [0.25, 0.3) is 0 Å². The Morgan fingerprint density at radius 2 is 2.00 bits per heavy atom. The molecule has 0 unspecified atom stereocenters. The first-order chi connectivity index (χ1) is 9.99. The summed E-state index contributed by atoms with van der Waals surface area (Å²) in [4.78, 5) is 0. The van der Waals surface area contributed by atoms with E-state index in [9.17, 15) is 13.2 Å². The van der Waals surface area contributed by atoms with Crippen LogP contribution in [0, 0.1) is 0 Å². The molecule has 0 atom stereocenters. The molecule has 0 saturated heterocycles. The Hall–Kier alpha value is -2.18. The average Bonchev–Trinajstić information content (AvgIpc) is 2.90. The van der Waals surface area contributed by atoms with Crippen molar-refractivity contribution in [3.8, 4) is 5.75 Å². The lowest BCUT2D eigenvalue weighted by atomic mass is 10.3. The summed E-state index contributed by atoms with van der Waals surface area (Å²) in [5, 5.41) is 7.21. The number of nitrogens with zero attached hydrogens (tertiary/aromatic N) is 2. The third kappa shape index (κ3) is 4.40. The number of para-hydroxylation sites is 2. The van der Waals surface area contributed by atoms with Gasteiger partial charge in [-0.05, 0) is 25.1 Å². The van der Waals surface area contributed by atoms with Gasteiger partial charge in [-0.25, -0.2) is 0 Å². The van der Waals surface area contributed by atoms with Gasteiger partial charge >= 0.3 is 6.18 Å². The number of halogens is 3. The molecule has 21 heavy (non-hydrogen) atoms. The van der Waals surface area contributed by atoms with Crippen molar-refractivity contribution >= 4 is 5.69 Å². The van der Waals surface area contributed by atoms with E-state index in [1.54, 1.807) is 24.4 Å². The van der Waals surface area contributed by atoms with E-state index >= 15 is 0 Å². The van der Waals surface area contributed by atoms with Crippen molar-refractivity contribution in [2.45, 2.75) is 26.2 Å². The number of hydrogen-bond acceptors (Lipinski definition) is 3. The number of hydrogen-bond donors (Lipinski definition) is 1. The first kappa shape index (κ1) is 15.2. The minimum atomic E-state index is -4.35.